The fourth-order valence-electron chi connectivity index (χ4n) is 2.13. The second kappa shape index (κ2) is 4.84. The lowest BCUT2D eigenvalue weighted by Crippen LogP contribution is -2.45. The first-order valence-electron chi connectivity index (χ1n) is 5.91. The summed E-state index contributed by atoms with van der Waals surface area (Å²) < 4.78 is 10.7. The third-order valence-corrected chi connectivity index (χ3v) is 3.48. The van der Waals surface area contributed by atoms with Crippen molar-refractivity contribution in [3.05, 3.63) is 18.2 Å². The summed E-state index contributed by atoms with van der Waals surface area (Å²) in [4.78, 5) is 0. The molecule has 0 bridgehead atoms. The van der Waals surface area contributed by atoms with E-state index in [-0.39, 0.29) is 5.60 Å². The Labute approximate surface area is 102 Å². The minimum absolute atomic E-state index is 0.0117. The van der Waals surface area contributed by atoms with Crippen molar-refractivity contribution < 1.29 is 9.47 Å². The summed E-state index contributed by atoms with van der Waals surface area (Å²) in [6.45, 7) is 0.816. The Morgan fingerprint density at radius 3 is 2.59 bits per heavy atom. The zero-order chi connectivity index (χ0) is 12.3. The van der Waals surface area contributed by atoms with E-state index in [0.717, 1.165) is 30.8 Å². The molecular formula is C13H20N2O2. The molecule has 0 aromatic heterocycles. The molecular weight excluding hydrogens is 216 g/mol. The summed E-state index contributed by atoms with van der Waals surface area (Å²) in [6.07, 6.45) is 3.49. The van der Waals surface area contributed by atoms with Gasteiger partial charge in [-0.2, -0.15) is 0 Å². The van der Waals surface area contributed by atoms with E-state index in [2.05, 4.69) is 5.32 Å². The average molecular weight is 236 g/mol. The molecule has 0 saturated heterocycles. The molecule has 0 heterocycles. The lowest BCUT2D eigenvalue weighted by Gasteiger charge is -2.40. The fourth-order valence-corrected chi connectivity index (χ4v) is 2.13. The van der Waals surface area contributed by atoms with Crippen LogP contribution in [0.4, 0.5) is 11.4 Å². The third kappa shape index (κ3) is 2.64. The molecule has 0 unspecified atom stereocenters. The molecule has 2 rings (SSSR count). The van der Waals surface area contributed by atoms with Gasteiger partial charge in [0, 0.05) is 37.2 Å². The number of hydrogen-bond acceptors (Lipinski definition) is 4. The van der Waals surface area contributed by atoms with Crippen molar-refractivity contribution in [1.82, 2.24) is 0 Å². The number of benzene rings is 1. The van der Waals surface area contributed by atoms with Gasteiger partial charge in [0.1, 0.15) is 5.75 Å². The van der Waals surface area contributed by atoms with E-state index in [1.54, 1.807) is 20.3 Å². The molecule has 4 heteroatoms. The van der Waals surface area contributed by atoms with Gasteiger partial charge in [-0.3, -0.25) is 0 Å². The van der Waals surface area contributed by atoms with Crippen LogP contribution < -0.4 is 15.8 Å². The molecule has 4 nitrogen and oxygen atoms in total. The highest BCUT2D eigenvalue weighted by Gasteiger charge is 2.36. The van der Waals surface area contributed by atoms with Gasteiger partial charge >= 0.3 is 0 Å². The second-order valence-corrected chi connectivity index (χ2v) is 4.59. The van der Waals surface area contributed by atoms with Crippen LogP contribution in [-0.2, 0) is 4.74 Å². The lowest BCUT2D eigenvalue weighted by atomic mass is 9.80. The molecule has 94 valence electrons. The van der Waals surface area contributed by atoms with Crippen LogP contribution in [0.5, 0.6) is 5.75 Å². The van der Waals surface area contributed by atoms with Crippen LogP contribution in [0.15, 0.2) is 18.2 Å². The molecule has 0 radical (unpaired) electrons. The smallest absolute Gasteiger partial charge is 0.122 e. The van der Waals surface area contributed by atoms with E-state index in [1.165, 1.54) is 6.42 Å². The highest BCUT2D eigenvalue weighted by atomic mass is 16.5. The van der Waals surface area contributed by atoms with Gasteiger partial charge in [-0.1, -0.05) is 0 Å². The van der Waals surface area contributed by atoms with Gasteiger partial charge in [-0.25, -0.2) is 0 Å². The minimum atomic E-state index is 0.0117. The van der Waals surface area contributed by atoms with Crippen molar-refractivity contribution in [3.63, 3.8) is 0 Å². The number of methoxy groups -OCH3 is 2. The quantitative estimate of drug-likeness (QED) is 0.770. The highest BCUT2D eigenvalue weighted by Crippen LogP contribution is 2.35. The number of nitrogen functional groups attached to an aromatic ring is 1. The molecule has 1 saturated carbocycles. The minimum Gasteiger partial charge on any atom is -0.497 e. The zero-order valence-corrected chi connectivity index (χ0v) is 10.5. The summed E-state index contributed by atoms with van der Waals surface area (Å²) in [6, 6.07) is 5.66. The van der Waals surface area contributed by atoms with Crippen molar-refractivity contribution >= 4 is 11.4 Å². The molecule has 0 atom stereocenters. The first kappa shape index (κ1) is 12.0. The van der Waals surface area contributed by atoms with E-state index < -0.39 is 0 Å². The van der Waals surface area contributed by atoms with E-state index in [4.69, 9.17) is 15.2 Å². The molecule has 17 heavy (non-hydrogen) atoms. The molecule has 1 aliphatic rings. The van der Waals surface area contributed by atoms with Gasteiger partial charge in [0.15, 0.2) is 0 Å². The molecule has 0 aliphatic heterocycles. The first-order chi connectivity index (χ1) is 8.17. The molecule has 1 aliphatic carbocycles. The average Bonchev–Trinajstić information content (AvgIpc) is 2.27. The number of rotatable bonds is 5. The number of hydrogen-bond donors (Lipinski definition) is 2. The summed E-state index contributed by atoms with van der Waals surface area (Å²) in [5.41, 5.74) is 7.49. The standard InChI is InChI=1S/C13H20N2O2/c1-16-12-7-10(14)6-11(8-12)15-9-13(17-2)4-3-5-13/h6-8,15H,3-5,9,14H2,1-2H3. The molecule has 3 N–H and O–H groups in total. The molecule has 0 spiro atoms. The maximum absolute atomic E-state index is 5.80. The van der Waals surface area contributed by atoms with Crippen molar-refractivity contribution in [1.29, 1.82) is 0 Å². The van der Waals surface area contributed by atoms with Crippen molar-refractivity contribution in [2.75, 3.05) is 31.8 Å². The summed E-state index contributed by atoms with van der Waals surface area (Å²) >= 11 is 0. The molecule has 0 amide bonds. The Morgan fingerprint density at radius 1 is 1.29 bits per heavy atom. The van der Waals surface area contributed by atoms with Crippen LogP contribution in [-0.4, -0.2) is 26.4 Å². The Kier molecular flexibility index (Phi) is 3.43. The lowest BCUT2D eigenvalue weighted by molar-refractivity contribution is -0.0601. The van der Waals surface area contributed by atoms with Gasteiger partial charge in [0.05, 0.1) is 12.7 Å². The van der Waals surface area contributed by atoms with Gasteiger partial charge in [0.25, 0.3) is 0 Å². The van der Waals surface area contributed by atoms with E-state index in [9.17, 15) is 0 Å². The number of nitrogens with one attached hydrogen (secondary N) is 1. The first-order valence-corrected chi connectivity index (χ1v) is 5.91. The Hall–Kier alpha value is -1.42. The summed E-state index contributed by atoms with van der Waals surface area (Å²) in [5.74, 6) is 0.771. The van der Waals surface area contributed by atoms with E-state index >= 15 is 0 Å². The second-order valence-electron chi connectivity index (χ2n) is 4.59. The highest BCUT2D eigenvalue weighted by molar-refractivity contribution is 5.59. The van der Waals surface area contributed by atoms with Crippen LogP contribution >= 0.6 is 0 Å². The van der Waals surface area contributed by atoms with E-state index in [1.807, 2.05) is 12.1 Å². The maximum Gasteiger partial charge on any atom is 0.122 e. The third-order valence-electron chi connectivity index (χ3n) is 3.48. The normalized spacial score (nSPS) is 17.3. The number of nitrogens with two attached hydrogens (primary N) is 1. The van der Waals surface area contributed by atoms with Crippen LogP contribution in [0.2, 0.25) is 0 Å². The predicted octanol–water partition coefficient (Wildman–Crippen LogP) is 2.26. The summed E-state index contributed by atoms with van der Waals surface area (Å²) in [5, 5.41) is 3.37. The maximum atomic E-state index is 5.80. The Morgan fingerprint density at radius 2 is 2.06 bits per heavy atom. The van der Waals surface area contributed by atoms with Crippen LogP contribution in [0.25, 0.3) is 0 Å². The topological polar surface area (TPSA) is 56.5 Å². The van der Waals surface area contributed by atoms with E-state index in [0.29, 0.717) is 5.69 Å². The Balaban J connectivity index is 2.01. The summed E-state index contributed by atoms with van der Waals surface area (Å²) in [7, 11) is 3.42. The largest absolute Gasteiger partial charge is 0.497 e. The van der Waals surface area contributed by atoms with Crippen molar-refractivity contribution in [3.8, 4) is 5.75 Å². The van der Waals surface area contributed by atoms with Crippen molar-refractivity contribution in [2.45, 2.75) is 24.9 Å². The molecule has 1 aromatic carbocycles. The van der Waals surface area contributed by atoms with Crippen LogP contribution in [0, 0.1) is 0 Å². The number of ether oxygens (including phenoxy) is 2. The Bertz CT molecular complexity index is 383. The van der Waals surface area contributed by atoms with Gasteiger partial charge in [-0.15, -0.1) is 0 Å². The van der Waals surface area contributed by atoms with Gasteiger partial charge in [-0.05, 0) is 25.3 Å². The van der Waals surface area contributed by atoms with Crippen LogP contribution in [0.3, 0.4) is 0 Å². The van der Waals surface area contributed by atoms with Gasteiger partial charge < -0.3 is 20.5 Å². The van der Waals surface area contributed by atoms with Crippen LogP contribution in [0.1, 0.15) is 19.3 Å². The van der Waals surface area contributed by atoms with Crippen molar-refractivity contribution in [2.24, 2.45) is 0 Å². The zero-order valence-electron chi connectivity index (χ0n) is 10.5. The fraction of sp³-hybridized carbons (Fsp3) is 0.538. The number of anilines is 2. The predicted molar refractivity (Wildman–Crippen MR) is 69.5 cm³/mol. The monoisotopic (exact) mass is 236 g/mol. The SMILES string of the molecule is COc1cc(N)cc(NCC2(OC)CCC2)c1. The van der Waals surface area contributed by atoms with Gasteiger partial charge in [0.2, 0.25) is 0 Å². The molecule has 1 aromatic rings. The molecule has 1 fully saturated rings.